The molecular formula is C15H14N6O3. The number of hydrogen-bond acceptors (Lipinski definition) is 7. The molecule has 0 saturated heterocycles. The van der Waals surface area contributed by atoms with E-state index in [0.717, 1.165) is 19.3 Å². The zero-order valence-electron chi connectivity index (χ0n) is 12.6. The fraction of sp³-hybridized carbons (Fsp3) is 0.267. The highest BCUT2D eigenvalue weighted by molar-refractivity contribution is 5.52. The second kappa shape index (κ2) is 5.24. The molecule has 24 heavy (non-hydrogen) atoms. The lowest BCUT2D eigenvalue weighted by molar-refractivity contribution is -0.384. The van der Waals surface area contributed by atoms with Gasteiger partial charge in [0.05, 0.1) is 27.9 Å². The second-order valence-electron chi connectivity index (χ2n) is 5.88. The average molecular weight is 326 g/mol. The normalized spacial score (nSPS) is 15.9. The van der Waals surface area contributed by atoms with Gasteiger partial charge in [0.15, 0.2) is 5.82 Å². The van der Waals surface area contributed by atoms with E-state index in [1.165, 1.54) is 12.1 Å². The molecule has 0 atom stereocenters. The third kappa shape index (κ3) is 2.35. The summed E-state index contributed by atoms with van der Waals surface area (Å²) in [6.07, 6.45) is 6.10. The van der Waals surface area contributed by atoms with Gasteiger partial charge in [0.25, 0.3) is 11.6 Å². The van der Waals surface area contributed by atoms with Crippen LogP contribution in [-0.4, -0.2) is 24.8 Å². The number of nitrogens with two attached hydrogens (primary N) is 1. The van der Waals surface area contributed by atoms with Crippen molar-refractivity contribution >= 4 is 5.69 Å². The van der Waals surface area contributed by atoms with Gasteiger partial charge in [0.1, 0.15) is 0 Å². The standard InChI is InChI=1S/C15H14N6O3/c16-15(6-1-7-15)14-18-13(24-19-14)10-8-17-20(9-10)11-2-4-12(5-3-11)21(22)23/h2-5,8-9H,1,6-7,16H2. The van der Waals surface area contributed by atoms with Crippen molar-refractivity contribution in [3.63, 3.8) is 0 Å². The fourth-order valence-electron chi connectivity index (χ4n) is 2.63. The summed E-state index contributed by atoms with van der Waals surface area (Å²) in [6.45, 7) is 0. The molecule has 9 nitrogen and oxygen atoms in total. The van der Waals surface area contributed by atoms with E-state index in [2.05, 4.69) is 15.2 Å². The highest BCUT2D eigenvalue weighted by Gasteiger charge is 2.39. The van der Waals surface area contributed by atoms with E-state index in [9.17, 15) is 10.1 Å². The Morgan fingerprint density at radius 2 is 2.04 bits per heavy atom. The predicted octanol–water partition coefficient (Wildman–Crippen LogP) is 2.17. The molecule has 3 aromatic rings. The van der Waals surface area contributed by atoms with Crippen LogP contribution in [0.2, 0.25) is 0 Å². The zero-order valence-corrected chi connectivity index (χ0v) is 12.6. The lowest BCUT2D eigenvalue weighted by atomic mass is 9.77. The topological polar surface area (TPSA) is 126 Å². The van der Waals surface area contributed by atoms with Crippen LogP contribution in [0.4, 0.5) is 5.69 Å². The van der Waals surface area contributed by atoms with E-state index in [1.807, 2.05) is 0 Å². The van der Waals surface area contributed by atoms with Gasteiger partial charge in [-0.3, -0.25) is 10.1 Å². The smallest absolute Gasteiger partial charge is 0.269 e. The number of rotatable bonds is 4. The Kier molecular flexibility index (Phi) is 3.17. The minimum atomic E-state index is -0.476. The summed E-state index contributed by atoms with van der Waals surface area (Å²) in [6, 6.07) is 6.10. The number of non-ortho nitro benzene ring substituents is 1. The number of benzene rings is 1. The van der Waals surface area contributed by atoms with Gasteiger partial charge in [0, 0.05) is 18.3 Å². The van der Waals surface area contributed by atoms with E-state index >= 15 is 0 Å². The molecule has 1 aliphatic rings. The SMILES string of the molecule is NC1(c2noc(-c3cnn(-c4ccc([N+](=O)[O-])cc4)c3)n2)CCC1. The number of aromatic nitrogens is 4. The Hall–Kier alpha value is -3.07. The van der Waals surface area contributed by atoms with Crippen LogP contribution in [0, 0.1) is 10.1 Å². The van der Waals surface area contributed by atoms with E-state index < -0.39 is 10.5 Å². The highest BCUT2D eigenvalue weighted by Crippen LogP contribution is 2.37. The van der Waals surface area contributed by atoms with E-state index in [-0.39, 0.29) is 5.69 Å². The molecule has 0 spiro atoms. The van der Waals surface area contributed by atoms with Crippen LogP contribution in [0.25, 0.3) is 17.1 Å². The average Bonchev–Trinajstić information content (AvgIpc) is 3.22. The van der Waals surface area contributed by atoms with Crippen LogP contribution >= 0.6 is 0 Å². The number of nitro benzene ring substituents is 1. The molecule has 2 aromatic heterocycles. The molecule has 1 aliphatic carbocycles. The molecular weight excluding hydrogens is 312 g/mol. The Balaban J connectivity index is 1.59. The molecule has 9 heteroatoms. The Bertz CT molecular complexity index is 894. The van der Waals surface area contributed by atoms with E-state index in [1.54, 1.807) is 29.2 Å². The number of hydrogen-bond donors (Lipinski definition) is 1. The van der Waals surface area contributed by atoms with Gasteiger partial charge in [-0.25, -0.2) is 4.68 Å². The molecule has 1 aromatic carbocycles. The largest absolute Gasteiger partial charge is 0.334 e. The van der Waals surface area contributed by atoms with Gasteiger partial charge in [-0.15, -0.1) is 0 Å². The first-order valence-electron chi connectivity index (χ1n) is 7.48. The van der Waals surface area contributed by atoms with Crippen LogP contribution in [0.5, 0.6) is 0 Å². The molecule has 122 valence electrons. The van der Waals surface area contributed by atoms with Crippen molar-refractivity contribution in [3.05, 3.63) is 52.6 Å². The van der Waals surface area contributed by atoms with Crippen LogP contribution in [0.1, 0.15) is 25.1 Å². The van der Waals surface area contributed by atoms with E-state index in [4.69, 9.17) is 10.3 Å². The predicted molar refractivity (Wildman–Crippen MR) is 83.2 cm³/mol. The summed E-state index contributed by atoms with van der Waals surface area (Å²) in [4.78, 5) is 14.6. The summed E-state index contributed by atoms with van der Waals surface area (Å²) in [7, 11) is 0. The first-order valence-corrected chi connectivity index (χ1v) is 7.48. The zero-order chi connectivity index (χ0) is 16.7. The minimum absolute atomic E-state index is 0.0291. The monoisotopic (exact) mass is 326 g/mol. The molecule has 2 N–H and O–H groups in total. The summed E-state index contributed by atoms with van der Waals surface area (Å²) >= 11 is 0. The lowest BCUT2D eigenvalue weighted by Crippen LogP contribution is -2.44. The molecule has 4 rings (SSSR count). The van der Waals surface area contributed by atoms with Crippen molar-refractivity contribution in [2.24, 2.45) is 5.73 Å². The van der Waals surface area contributed by atoms with Crippen molar-refractivity contribution in [2.45, 2.75) is 24.8 Å². The van der Waals surface area contributed by atoms with Crippen molar-refractivity contribution in [3.8, 4) is 17.1 Å². The highest BCUT2D eigenvalue weighted by atomic mass is 16.6. The Labute approximate surface area is 136 Å². The van der Waals surface area contributed by atoms with Gasteiger partial charge in [-0.05, 0) is 31.4 Å². The van der Waals surface area contributed by atoms with Gasteiger partial charge < -0.3 is 10.3 Å². The van der Waals surface area contributed by atoms with Gasteiger partial charge in [-0.1, -0.05) is 5.16 Å². The first-order chi connectivity index (χ1) is 11.5. The Morgan fingerprint density at radius 3 is 2.67 bits per heavy atom. The molecule has 0 bridgehead atoms. The van der Waals surface area contributed by atoms with Crippen LogP contribution in [-0.2, 0) is 5.54 Å². The van der Waals surface area contributed by atoms with Gasteiger partial charge in [0.2, 0.25) is 0 Å². The fourth-order valence-corrected chi connectivity index (χ4v) is 2.63. The molecule has 0 amide bonds. The van der Waals surface area contributed by atoms with Gasteiger partial charge in [-0.2, -0.15) is 10.1 Å². The van der Waals surface area contributed by atoms with Crippen LogP contribution in [0.3, 0.4) is 0 Å². The van der Waals surface area contributed by atoms with Crippen molar-refractivity contribution in [2.75, 3.05) is 0 Å². The molecule has 0 unspecified atom stereocenters. The molecule has 0 aliphatic heterocycles. The summed E-state index contributed by atoms with van der Waals surface area (Å²) in [5.74, 6) is 0.877. The van der Waals surface area contributed by atoms with Crippen molar-refractivity contribution in [1.29, 1.82) is 0 Å². The lowest BCUT2D eigenvalue weighted by Gasteiger charge is -2.34. The molecule has 0 radical (unpaired) electrons. The first kappa shape index (κ1) is 14.5. The third-order valence-electron chi connectivity index (χ3n) is 4.27. The Morgan fingerprint density at radius 1 is 1.29 bits per heavy atom. The summed E-state index contributed by atoms with van der Waals surface area (Å²) < 4.78 is 6.88. The minimum Gasteiger partial charge on any atom is -0.334 e. The second-order valence-corrected chi connectivity index (χ2v) is 5.88. The van der Waals surface area contributed by atoms with Gasteiger partial charge >= 0.3 is 0 Å². The maximum Gasteiger partial charge on any atom is 0.269 e. The van der Waals surface area contributed by atoms with Crippen molar-refractivity contribution < 1.29 is 9.45 Å². The third-order valence-corrected chi connectivity index (χ3v) is 4.27. The van der Waals surface area contributed by atoms with Crippen LogP contribution in [0.15, 0.2) is 41.2 Å². The summed E-state index contributed by atoms with van der Waals surface area (Å²) in [5.41, 5.74) is 7.10. The quantitative estimate of drug-likeness (QED) is 0.575. The maximum absolute atomic E-state index is 10.7. The van der Waals surface area contributed by atoms with Crippen LogP contribution < -0.4 is 5.73 Å². The number of nitrogens with zero attached hydrogens (tertiary/aromatic N) is 5. The summed E-state index contributed by atoms with van der Waals surface area (Å²) in [5, 5.41) is 18.9. The van der Waals surface area contributed by atoms with Crippen molar-refractivity contribution in [1.82, 2.24) is 19.9 Å². The van der Waals surface area contributed by atoms with E-state index in [0.29, 0.717) is 23.0 Å². The maximum atomic E-state index is 10.7. The number of nitro groups is 1. The molecule has 1 fully saturated rings. The molecule has 2 heterocycles. The molecule has 1 saturated carbocycles.